The molecule has 0 aliphatic heterocycles. The Kier molecular flexibility index (Phi) is 9.67. The van der Waals surface area contributed by atoms with Crippen LogP contribution in [0.25, 0.3) is 11.3 Å². The number of benzene rings is 2. The van der Waals surface area contributed by atoms with Crippen molar-refractivity contribution in [3.63, 3.8) is 0 Å². The number of carbonyl (C=O) groups is 2. The smallest absolute Gasteiger partial charge is 0.337 e. The van der Waals surface area contributed by atoms with Crippen molar-refractivity contribution in [3.8, 4) is 11.3 Å². The minimum atomic E-state index is -1.14. The van der Waals surface area contributed by atoms with Gasteiger partial charge in [-0.1, -0.05) is 35.3 Å². The summed E-state index contributed by atoms with van der Waals surface area (Å²) in [6, 6.07) is 14.1. The highest BCUT2D eigenvalue weighted by Crippen LogP contribution is 2.31. The lowest BCUT2D eigenvalue weighted by atomic mass is 10.1. The molecule has 180 valence electrons. The number of para-hydroxylation sites is 1. The third kappa shape index (κ3) is 7.15. The summed E-state index contributed by atoms with van der Waals surface area (Å²) in [5, 5.41) is 16.2. The number of nitrogens with one attached hydrogen (secondary N) is 3. The van der Waals surface area contributed by atoms with Gasteiger partial charge in [-0.05, 0) is 55.3 Å². The van der Waals surface area contributed by atoms with Crippen LogP contribution in [0.15, 0.2) is 59.0 Å². The molecule has 1 heterocycles. The lowest BCUT2D eigenvalue weighted by molar-refractivity contribution is -0.118. The van der Waals surface area contributed by atoms with Crippen LogP contribution in [0.3, 0.4) is 0 Å². The minimum Gasteiger partial charge on any atom is -0.478 e. The second kappa shape index (κ2) is 12.7. The molecule has 1 aromatic heterocycles. The van der Waals surface area contributed by atoms with Crippen molar-refractivity contribution < 1.29 is 23.3 Å². The van der Waals surface area contributed by atoms with Crippen molar-refractivity contribution in [1.29, 1.82) is 0 Å². The Balaban J connectivity index is 1.71. The van der Waals surface area contributed by atoms with Crippen LogP contribution in [0.4, 0.5) is 5.69 Å². The van der Waals surface area contributed by atoms with E-state index in [0.717, 1.165) is 0 Å². The van der Waals surface area contributed by atoms with Crippen molar-refractivity contribution in [3.05, 3.63) is 76.0 Å². The van der Waals surface area contributed by atoms with Crippen LogP contribution < -0.4 is 15.4 Å². The molecular formula is C23H23Cl2N3O5S. The SMILES string of the molecule is O=[SH]NCCCC(NCc1ccc(-c2cc(Cl)ccc2Cl)o1)C(=O)Nc1ccccc1C(=O)O. The summed E-state index contributed by atoms with van der Waals surface area (Å²) < 4.78 is 19.1. The summed E-state index contributed by atoms with van der Waals surface area (Å²) in [5.41, 5.74) is 0.859. The number of anilines is 1. The van der Waals surface area contributed by atoms with Gasteiger partial charge in [0.2, 0.25) is 5.91 Å². The largest absolute Gasteiger partial charge is 0.478 e. The van der Waals surface area contributed by atoms with Crippen LogP contribution in [0.5, 0.6) is 0 Å². The average molecular weight is 524 g/mol. The van der Waals surface area contributed by atoms with Gasteiger partial charge in [0, 0.05) is 17.1 Å². The Morgan fingerprint density at radius 3 is 2.65 bits per heavy atom. The Labute approximate surface area is 210 Å². The maximum atomic E-state index is 13.0. The van der Waals surface area contributed by atoms with E-state index in [1.54, 1.807) is 42.5 Å². The first-order chi connectivity index (χ1) is 16.4. The fourth-order valence-corrected chi connectivity index (χ4v) is 3.92. The molecule has 34 heavy (non-hydrogen) atoms. The van der Waals surface area contributed by atoms with Crippen LogP contribution in [-0.4, -0.2) is 33.8 Å². The van der Waals surface area contributed by atoms with Gasteiger partial charge in [-0.3, -0.25) is 10.1 Å². The Morgan fingerprint density at radius 1 is 1.09 bits per heavy atom. The first-order valence-electron chi connectivity index (χ1n) is 10.3. The predicted molar refractivity (Wildman–Crippen MR) is 134 cm³/mol. The number of rotatable bonds is 12. The average Bonchev–Trinajstić information content (AvgIpc) is 3.29. The molecule has 11 heteroatoms. The van der Waals surface area contributed by atoms with Crippen molar-refractivity contribution >= 4 is 52.6 Å². The number of amides is 1. The number of furan rings is 1. The van der Waals surface area contributed by atoms with Gasteiger partial charge in [0.15, 0.2) is 0 Å². The lowest BCUT2D eigenvalue weighted by Crippen LogP contribution is -2.40. The van der Waals surface area contributed by atoms with E-state index < -0.39 is 17.9 Å². The monoisotopic (exact) mass is 523 g/mol. The highest BCUT2D eigenvalue weighted by molar-refractivity contribution is 7.63. The molecule has 0 fully saturated rings. The molecule has 1 unspecified atom stereocenters. The van der Waals surface area contributed by atoms with Crippen LogP contribution in [0.2, 0.25) is 10.0 Å². The maximum absolute atomic E-state index is 13.0. The number of carbonyl (C=O) groups excluding carboxylic acids is 1. The van der Waals surface area contributed by atoms with Crippen LogP contribution >= 0.6 is 23.2 Å². The van der Waals surface area contributed by atoms with Gasteiger partial charge in [-0.15, -0.1) is 0 Å². The highest BCUT2D eigenvalue weighted by Gasteiger charge is 2.21. The van der Waals surface area contributed by atoms with E-state index in [4.69, 9.17) is 27.6 Å². The molecule has 0 bridgehead atoms. The molecule has 1 atom stereocenters. The molecule has 0 saturated heterocycles. The van der Waals surface area contributed by atoms with E-state index in [1.807, 2.05) is 0 Å². The number of halogens is 2. The summed E-state index contributed by atoms with van der Waals surface area (Å²) >= 11 is 12.1. The Hall–Kier alpha value is -2.69. The molecule has 3 rings (SSSR count). The van der Waals surface area contributed by atoms with Gasteiger partial charge in [0.25, 0.3) is 0 Å². The molecular weight excluding hydrogens is 501 g/mol. The topological polar surface area (TPSA) is 121 Å². The Bertz CT molecular complexity index is 1170. The number of aromatic carboxylic acids is 1. The van der Waals surface area contributed by atoms with Gasteiger partial charge in [-0.2, -0.15) is 0 Å². The second-order valence-electron chi connectivity index (χ2n) is 7.31. The maximum Gasteiger partial charge on any atom is 0.337 e. The first kappa shape index (κ1) is 25.9. The van der Waals surface area contributed by atoms with Crippen LogP contribution in [0.1, 0.15) is 29.0 Å². The van der Waals surface area contributed by atoms with E-state index in [2.05, 4.69) is 15.4 Å². The number of hydrogen-bond donors (Lipinski definition) is 5. The molecule has 3 aromatic rings. The van der Waals surface area contributed by atoms with Gasteiger partial charge in [0.05, 0.1) is 40.7 Å². The van der Waals surface area contributed by atoms with E-state index in [9.17, 15) is 18.9 Å². The second-order valence-corrected chi connectivity index (χ2v) is 8.65. The highest BCUT2D eigenvalue weighted by atomic mass is 35.5. The minimum absolute atomic E-state index is 0.00417. The first-order valence-corrected chi connectivity index (χ1v) is 11.9. The summed E-state index contributed by atoms with van der Waals surface area (Å²) in [7, 11) is 0. The zero-order chi connectivity index (χ0) is 24.5. The third-order valence-corrected chi connectivity index (χ3v) is 5.87. The quantitative estimate of drug-likeness (QED) is 0.178. The zero-order valence-electron chi connectivity index (χ0n) is 17.9. The van der Waals surface area contributed by atoms with Crippen molar-refractivity contribution in [2.24, 2.45) is 0 Å². The molecule has 8 nitrogen and oxygen atoms in total. The van der Waals surface area contributed by atoms with Gasteiger partial charge >= 0.3 is 5.97 Å². The molecule has 2 aromatic carbocycles. The van der Waals surface area contributed by atoms with E-state index >= 15 is 0 Å². The van der Waals surface area contributed by atoms with Gasteiger partial charge in [0.1, 0.15) is 11.5 Å². The Morgan fingerprint density at radius 2 is 1.88 bits per heavy atom. The standard InChI is InChI=1S/C23H23Cl2N3O5S/c24-14-7-9-18(25)17(12-14)21-10-8-15(33-21)13-26-20(6-3-11-27-34-32)22(29)28-19-5-2-1-4-16(19)23(30)31/h1-2,4-5,7-10,12,20,26,34H,3,6,11,13H2,(H,27,32)(H,28,29)(H,30,31). The van der Waals surface area contributed by atoms with Crippen LogP contribution in [-0.2, 0) is 23.2 Å². The molecule has 0 aliphatic carbocycles. The number of carboxylic acids is 1. The van der Waals surface area contributed by atoms with Gasteiger partial charge in [-0.25, -0.2) is 13.7 Å². The fraction of sp³-hybridized carbons (Fsp3) is 0.217. The number of hydrogen-bond acceptors (Lipinski definition) is 5. The van der Waals surface area contributed by atoms with Crippen molar-refractivity contribution in [2.75, 3.05) is 11.9 Å². The zero-order valence-corrected chi connectivity index (χ0v) is 20.3. The van der Waals surface area contributed by atoms with Gasteiger partial charge < -0.3 is 14.8 Å². The summed E-state index contributed by atoms with van der Waals surface area (Å²) in [6.45, 7) is 0.685. The summed E-state index contributed by atoms with van der Waals surface area (Å²) in [6.07, 6.45) is 0.972. The fourth-order valence-electron chi connectivity index (χ4n) is 3.28. The normalized spacial score (nSPS) is 11.8. The molecule has 0 spiro atoms. The number of thiol groups is 1. The van der Waals surface area contributed by atoms with Crippen molar-refractivity contribution in [1.82, 2.24) is 10.0 Å². The van der Waals surface area contributed by atoms with E-state index in [1.165, 1.54) is 12.1 Å². The molecule has 1 amide bonds. The van der Waals surface area contributed by atoms with Crippen LogP contribution in [0, 0.1) is 0 Å². The number of carboxylic acid groups (broad SMARTS) is 1. The molecule has 4 N–H and O–H groups in total. The molecule has 0 saturated carbocycles. The summed E-state index contributed by atoms with van der Waals surface area (Å²) in [4.78, 5) is 24.4. The lowest BCUT2D eigenvalue weighted by Gasteiger charge is -2.18. The summed E-state index contributed by atoms with van der Waals surface area (Å²) in [5.74, 6) is -0.412. The van der Waals surface area contributed by atoms with Crippen molar-refractivity contribution in [2.45, 2.75) is 25.4 Å². The molecule has 0 aliphatic rings. The third-order valence-electron chi connectivity index (χ3n) is 4.96. The van der Waals surface area contributed by atoms with E-state index in [0.29, 0.717) is 46.5 Å². The predicted octanol–water partition coefficient (Wildman–Crippen LogP) is 4.28. The van der Waals surface area contributed by atoms with E-state index in [-0.39, 0.29) is 29.6 Å². The molecule has 0 radical (unpaired) electrons.